The zero-order valence-electron chi connectivity index (χ0n) is 13.2. The smallest absolute Gasteiger partial charge is 0.251 e. The van der Waals surface area contributed by atoms with Gasteiger partial charge in [0.1, 0.15) is 0 Å². The van der Waals surface area contributed by atoms with Crippen LogP contribution in [0.25, 0.3) is 0 Å². The second-order valence-corrected chi connectivity index (χ2v) is 5.60. The standard InChI is InChI=1S/C16H26N2O2/c1-6-9-17-14-8-7-13(10-12(14)2)15(19)18-11-16(3,4)20-5/h7-8,10,17H,6,9,11H2,1-5H3,(H,18,19). The van der Waals surface area contributed by atoms with Gasteiger partial charge in [-0.1, -0.05) is 6.92 Å². The number of methoxy groups -OCH3 is 1. The van der Waals surface area contributed by atoms with Crippen LogP contribution in [-0.2, 0) is 4.74 Å². The van der Waals surface area contributed by atoms with E-state index in [1.165, 1.54) is 0 Å². The molecule has 0 radical (unpaired) electrons. The Hall–Kier alpha value is -1.55. The predicted molar refractivity (Wildman–Crippen MR) is 83.4 cm³/mol. The highest BCUT2D eigenvalue weighted by Crippen LogP contribution is 2.16. The third-order valence-electron chi connectivity index (χ3n) is 3.28. The number of nitrogens with one attached hydrogen (secondary N) is 2. The second kappa shape index (κ2) is 7.29. The van der Waals surface area contributed by atoms with Gasteiger partial charge < -0.3 is 15.4 Å². The first-order chi connectivity index (χ1) is 9.39. The summed E-state index contributed by atoms with van der Waals surface area (Å²) in [6, 6.07) is 5.72. The summed E-state index contributed by atoms with van der Waals surface area (Å²) >= 11 is 0. The van der Waals surface area contributed by atoms with Gasteiger partial charge in [-0.3, -0.25) is 4.79 Å². The van der Waals surface area contributed by atoms with Gasteiger partial charge in [-0.15, -0.1) is 0 Å². The van der Waals surface area contributed by atoms with Crippen LogP contribution in [0, 0.1) is 6.92 Å². The molecule has 20 heavy (non-hydrogen) atoms. The van der Waals surface area contributed by atoms with Crippen LogP contribution in [0.1, 0.15) is 43.1 Å². The van der Waals surface area contributed by atoms with Gasteiger partial charge in [-0.25, -0.2) is 0 Å². The molecule has 1 aromatic rings. The Bertz CT molecular complexity index is 456. The van der Waals surface area contributed by atoms with E-state index in [1.807, 2.05) is 39.0 Å². The average molecular weight is 278 g/mol. The number of ether oxygens (including phenoxy) is 1. The number of amides is 1. The van der Waals surface area contributed by atoms with E-state index in [0.717, 1.165) is 24.2 Å². The highest BCUT2D eigenvalue weighted by Gasteiger charge is 2.18. The van der Waals surface area contributed by atoms with Crippen LogP contribution in [0.5, 0.6) is 0 Å². The van der Waals surface area contributed by atoms with Crippen molar-refractivity contribution in [3.63, 3.8) is 0 Å². The number of rotatable bonds is 7. The summed E-state index contributed by atoms with van der Waals surface area (Å²) in [7, 11) is 1.64. The van der Waals surface area contributed by atoms with Crippen molar-refractivity contribution in [3.8, 4) is 0 Å². The summed E-state index contributed by atoms with van der Waals surface area (Å²) in [5.74, 6) is -0.0692. The molecule has 0 spiro atoms. The lowest BCUT2D eigenvalue weighted by molar-refractivity contribution is 0.0229. The van der Waals surface area contributed by atoms with E-state index in [9.17, 15) is 4.79 Å². The summed E-state index contributed by atoms with van der Waals surface area (Å²) in [5.41, 5.74) is 2.49. The van der Waals surface area contributed by atoms with Crippen molar-refractivity contribution in [2.45, 2.75) is 39.7 Å². The van der Waals surface area contributed by atoms with Crippen molar-refractivity contribution in [3.05, 3.63) is 29.3 Å². The monoisotopic (exact) mass is 278 g/mol. The van der Waals surface area contributed by atoms with Crippen LogP contribution < -0.4 is 10.6 Å². The van der Waals surface area contributed by atoms with E-state index >= 15 is 0 Å². The molecule has 0 atom stereocenters. The average Bonchev–Trinajstić information content (AvgIpc) is 2.43. The number of hydrogen-bond acceptors (Lipinski definition) is 3. The Kier molecular flexibility index (Phi) is 6.02. The zero-order chi connectivity index (χ0) is 15.2. The number of hydrogen-bond donors (Lipinski definition) is 2. The van der Waals surface area contributed by atoms with Crippen molar-refractivity contribution in [1.29, 1.82) is 0 Å². The van der Waals surface area contributed by atoms with Crippen LogP contribution in [0.4, 0.5) is 5.69 Å². The number of carbonyl (C=O) groups excluding carboxylic acids is 1. The van der Waals surface area contributed by atoms with E-state index in [4.69, 9.17) is 4.74 Å². The SMILES string of the molecule is CCCNc1ccc(C(=O)NCC(C)(C)OC)cc1C. The molecule has 0 aromatic heterocycles. The van der Waals surface area contributed by atoms with Crippen LogP contribution >= 0.6 is 0 Å². The van der Waals surface area contributed by atoms with Crippen molar-refractivity contribution in [2.24, 2.45) is 0 Å². The summed E-state index contributed by atoms with van der Waals surface area (Å²) in [4.78, 5) is 12.1. The van der Waals surface area contributed by atoms with Gasteiger partial charge in [0, 0.05) is 31.5 Å². The van der Waals surface area contributed by atoms with Crippen LogP contribution in [0.2, 0.25) is 0 Å². The van der Waals surface area contributed by atoms with Crippen LogP contribution in [0.15, 0.2) is 18.2 Å². The molecule has 0 aliphatic rings. The fourth-order valence-corrected chi connectivity index (χ4v) is 1.73. The summed E-state index contributed by atoms with van der Waals surface area (Å²) < 4.78 is 5.29. The van der Waals surface area contributed by atoms with Gasteiger partial charge in [0.05, 0.1) is 5.60 Å². The largest absolute Gasteiger partial charge is 0.385 e. The van der Waals surface area contributed by atoms with E-state index in [2.05, 4.69) is 17.6 Å². The number of carbonyl (C=O) groups is 1. The molecule has 0 saturated heterocycles. The van der Waals surface area contributed by atoms with Gasteiger partial charge in [-0.2, -0.15) is 0 Å². The quantitative estimate of drug-likeness (QED) is 0.806. The zero-order valence-corrected chi connectivity index (χ0v) is 13.2. The van der Waals surface area contributed by atoms with Gasteiger partial charge >= 0.3 is 0 Å². The highest BCUT2D eigenvalue weighted by atomic mass is 16.5. The Labute approximate surface area is 121 Å². The second-order valence-electron chi connectivity index (χ2n) is 5.60. The van der Waals surface area contributed by atoms with E-state index in [-0.39, 0.29) is 11.5 Å². The first kappa shape index (κ1) is 16.5. The Balaban J connectivity index is 2.67. The molecule has 1 aromatic carbocycles. The molecule has 4 heteroatoms. The normalized spacial score (nSPS) is 11.2. The summed E-state index contributed by atoms with van der Waals surface area (Å²) in [6.07, 6.45) is 1.08. The molecule has 0 heterocycles. The molecule has 0 saturated carbocycles. The summed E-state index contributed by atoms with van der Waals surface area (Å²) in [6.45, 7) is 9.44. The molecule has 4 nitrogen and oxygen atoms in total. The minimum Gasteiger partial charge on any atom is -0.385 e. The lowest BCUT2D eigenvalue weighted by atomic mass is 10.1. The molecule has 0 aliphatic carbocycles. The third kappa shape index (κ3) is 4.85. The third-order valence-corrected chi connectivity index (χ3v) is 3.28. The predicted octanol–water partition coefficient (Wildman–Crippen LogP) is 2.97. The maximum absolute atomic E-state index is 12.1. The molecule has 0 bridgehead atoms. The highest BCUT2D eigenvalue weighted by molar-refractivity contribution is 5.94. The van der Waals surface area contributed by atoms with Crippen LogP contribution in [0.3, 0.4) is 0 Å². The lowest BCUT2D eigenvalue weighted by Gasteiger charge is -2.23. The number of benzene rings is 1. The van der Waals surface area contributed by atoms with Crippen molar-refractivity contribution in [2.75, 3.05) is 25.5 Å². The summed E-state index contributed by atoms with van der Waals surface area (Å²) in [5, 5.41) is 6.24. The molecular weight excluding hydrogens is 252 g/mol. The minimum atomic E-state index is -0.354. The lowest BCUT2D eigenvalue weighted by Crippen LogP contribution is -2.39. The van der Waals surface area contributed by atoms with Gasteiger partial charge in [0.15, 0.2) is 0 Å². The first-order valence-electron chi connectivity index (χ1n) is 7.07. The van der Waals surface area contributed by atoms with Crippen molar-refractivity contribution >= 4 is 11.6 Å². The minimum absolute atomic E-state index is 0.0692. The molecule has 0 unspecified atom stereocenters. The van der Waals surface area contributed by atoms with Crippen molar-refractivity contribution < 1.29 is 9.53 Å². The van der Waals surface area contributed by atoms with Gasteiger partial charge in [0.2, 0.25) is 0 Å². The topological polar surface area (TPSA) is 50.4 Å². The van der Waals surface area contributed by atoms with Gasteiger partial charge in [0.25, 0.3) is 5.91 Å². The maximum atomic E-state index is 12.1. The van der Waals surface area contributed by atoms with E-state index < -0.39 is 0 Å². The molecule has 112 valence electrons. The Morgan fingerprint density at radius 3 is 2.60 bits per heavy atom. The van der Waals surface area contributed by atoms with Crippen molar-refractivity contribution in [1.82, 2.24) is 5.32 Å². The van der Waals surface area contributed by atoms with E-state index in [1.54, 1.807) is 7.11 Å². The van der Waals surface area contributed by atoms with Gasteiger partial charge in [-0.05, 0) is 51.0 Å². The molecule has 1 amide bonds. The fourth-order valence-electron chi connectivity index (χ4n) is 1.73. The molecule has 1 rings (SSSR count). The molecular formula is C16H26N2O2. The Morgan fingerprint density at radius 1 is 1.35 bits per heavy atom. The Morgan fingerprint density at radius 2 is 2.05 bits per heavy atom. The number of anilines is 1. The first-order valence-corrected chi connectivity index (χ1v) is 7.07. The number of aryl methyl sites for hydroxylation is 1. The maximum Gasteiger partial charge on any atom is 0.251 e. The van der Waals surface area contributed by atoms with E-state index in [0.29, 0.717) is 12.1 Å². The molecule has 0 fully saturated rings. The fraction of sp³-hybridized carbons (Fsp3) is 0.562. The molecule has 0 aliphatic heterocycles. The molecule has 2 N–H and O–H groups in total. The van der Waals surface area contributed by atoms with Crippen LogP contribution in [-0.4, -0.2) is 31.7 Å².